The summed E-state index contributed by atoms with van der Waals surface area (Å²) in [6.45, 7) is 1.60. The van der Waals surface area contributed by atoms with Gasteiger partial charge in [-0.1, -0.05) is 31.9 Å². The van der Waals surface area contributed by atoms with Crippen LogP contribution in [0.5, 0.6) is 0 Å². The molecular weight excluding hydrogens is 322 g/mol. The molecule has 3 rings (SSSR count). The van der Waals surface area contributed by atoms with Gasteiger partial charge in [0.25, 0.3) is 11.8 Å². The Morgan fingerprint density at radius 1 is 1.08 bits per heavy atom. The van der Waals surface area contributed by atoms with Crippen molar-refractivity contribution in [2.45, 2.75) is 38.6 Å². The van der Waals surface area contributed by atoms with Crippen molar-refractivity contribution in [1.82, 2.24) is 15.5 Å². The number of nitrogens with zero attached hydrogens (tertiary/aromatic N) is 1. The second kappa shape index (κ2) is 7.04. The molecule has 1 fully saturated rings. The Balaban J connectivity index is 1.55. The van der Waals surface area contributed by atoms with Crippen LogP contribution in [0.25, 0.3) is 0 Å². The van der Waals surface area contributed by atoms with Gasteiger partial charge in [-0.3, -0.25) is 24.6 Å². The fraction of sp³-hybridized carbons (Fsp3) is 0.444. The largest absolute Gasteiger partial charge is 0.335 e. The van der Waals surface area contributed by atoms with Gasteiger partial charge in [0.1, 0.15) is 6.54 Å². The predicted octanol–water partition coefficient (Wildman–Crippen LogP) is 1.69. The summed E-state index contributed by atoms with van der Waals surface area (Å²) in [5, 5.41) is 5.01. The molecule has 1 heterocycles. The lowest BCUT2D eigenvalue weighted by atomic mass is 9.86. The summed E-state index contributed by atoms with van der Waals surface area (Å²) in [6, 6.07) is 5.87. The Bertz CT molecular complexity index is 696. The lowest BCUT2D eigenvalue weighted by Gasteiger charge is -2.29. The fourth-order valence-corrected chi connectivity index (χ4v) is 3.43. The Hall–Kier alpha value is -2.70. The molecule has 7 nitrogen and oxygen atoms in total. The third-order valence-electron chi connectivity index (χ3n) is 4.86. The average molecular weight is 343 g/mol. The highest BCUT2D eigenvalue weighted by molar-refractivity contribution is 6.22. The molecule has 0 spiro atoms. The summed E-state index contributed by atoms with van der Waals surface area (Å²) in [6.07, 6.45) is 4.15. The van der Waals surface area contributed by atoms with Crippen molar-refractivity contribution in [3.05, 3.63) is 35.4 Å². The number of urea groups is 1. The van der Waals surface area contributed by atoms with E-state index in [4.69, 9.17) is 0 Å². The van der Waals surface area contributed by atoms with Crippen molar-refractivity contribution in [2.24, 2.45) is 5.92 Å². The number of carbonyl (C=O) groups excluding carboxylic acids is 4. The third-order valence-corrected chi connectivity index (χ3v) is 4.86. The highest BCUT2D eigenvalue weighted by Gasteiger charge is 2.36. The molecule has 25 heavy (non-hydrogen) atoms. The van der Waals surface area contributed by atoms with Gasteiger partial charge in [-0.05, 0) is 30.9 Å². The van der Waals surface area contributed by atoms with E-state index in [2.05, 4.69) is 17.6 Å². The van der Waals surface area contributed by atoms with E-state index in [0.717, 1.165) is 30.6 Å². The average Bonchev–Trinajstić information content (AvgIpc) is 2.82. The van der Waals surface area contributed by atoms with Crippen LogP contribution >= 0.6 is 0 Å². The van der Waals surface area contributed by atoms with Crippen LogP contribution in [0.3, 0.4) is 0 Å². The number of nitrogens with one attached hydrogen (secondary N) is 2. The van der Waals surface area contributed by atoms with E-state index < -0.39 is 30.3 Å². The first-order valence-corrected chi connectivity index (χ1v) is 8.53. The molecule has 1 saturated carbocycles. The first kappa shape index (κ1) is 17.1. The molecule has 0 bridgehead atoms. The Morgan fingerprint density at radius 2 is 1.68 bits per heavy atom. The Labute approximate surface area is 145 Å². The molecule has 7 heteroatoms. The zero-order chi connectivity index (χ0) is 18.0. The van der Waals surface area contributed by atoms with E-state index in [-0.39, 0.29) is 17.2 Å². The minimum atomic E-state index is -0.685. The van der Waals surface area contributed by atoms with Crippen LogP contribution in [0.15, 0.2) is 24.3 Å². The summed E-state index contributed by atoms with van der Waals surface area (Å²) in [7, 11) is 0. The van der Waals surface area contributed by atoms with Gasteiger partial charge >= 0.3 is 6.03 Å². The normalized spacial score (nSPS) is 22.5. The molecule has 132 valence electrons. The second-order valence-electron chi connectivity index (χ2n) is 6.63. The van der Waals surface area contributed by atoms with Crippen LogP contribution in [-0.4, -0.2) is 41.2 Å². The van der Waals surface area contributed by atoms with E-state index >= 15 is 0 Å². The van der Waals surface area contributed by atoms with Gasteiger partial charge in [-0.15, -0.1) is 0 Å². The summed E-state index contributed by atoms with van der Waals surface area (Å²) >= 11 is 0. The predicted molar refractivity (Wildman–Crippen MR) is 89.9 cm³/mol. The van der Waals surface area contributed by atoms with E-state index in [9.17, 15) is 19.2 Å². The minimum Gasteiger partial charge on any atom is -0.335 e. The number of hydrogen-bond acceptors (Lipinski definition) is 4. The highest BCUT2D eigenvalue weighted by atomic mass is 16.2. The van der Waals surface area contributed by atoms with Crippen molar-refractivity contribution >= 4 is 23.8 Å². The quantitative estimate of drug-likeness (QED) is 0.816. The van der Waals surface area contributed by atoms with Crippen molar-refractivity contribution in [3.8, 4) is 0 Å². The van der Waals surface area contributed by atoms with Crippen LogP contribution in [-0.2, 0) is 4.79 Å². The monoisotopic (exact) mass is 343 g/mol. The number of amides is 5. The van der Waals surface area contributed by atoms with Crippen molar-refractivity contribution in [1.29, 1.82) is 0 Å². The van der Waals surface area contributed by atoms with Crippen molar-refractivity contribution in [3.63, 3.8) is 0 Å². The summed E-state index contributed by atoms with van der Waals surface area (Å²) < 4.78 is 0. The molecule has 1 aromatic rings. The zero-order valence-electron chi connectivity index (χ0n) is 14.1. The number of fused-ring (bicyclic) bond motifs is 1. The lowest BCUT2D eigenvalue weighted by Crippen LogP contribution is -2.50. The van der Waals surface area contributed by atoms with Gasteiger partial charge in [0.2, 0.25) is 5.91 Å². The van der Waals surface area contributed by atoms with Crippen LogP contribution in [0.1, 0.15) is 53.3 Å². The zero-order valence-corrected chi connectivity index (χ0v) is 14.1. The smallest absolute Gasteiger partial charge is 0.321 e. The Morgan fingerprint density at radius 3 is 2.28 bits per heavy atom. The molecule has 0 aromatic heterocycles. The SMILES string of the molecule is CC1CCCCC1NC(=O)NC(=O)CN1C(=O)c2ccccc2C1=O. The maximum absolute atomic E-state index is 12.2. The highest BCUT2D eigenvalue weighted by Crippen LogP contribution is 2.24. The van der Waals surface area contributed by atoms with Crippen LogP contribution in [0.2, 0.25) is 0 Å². The van der Waals surface area contributed by atoms with Gasteiger partial charge in [0.05, 0.1) is 11.1 Å². The molecule has 2 N–H and O–H groups in total. The van der Waals surface area contributed by atoms with Crippen molar-refractivity contribution < 1.29 is 19.2 Å². The second-order valence-corrected chi connectivity index (χ2v) is 6.63. The van der Waals surface area contributed by atoms with Crippen LogP contribution in [0, 0.1) is 5.92 Å². The number of hydrogen-bond donors (Lipinski definition) is 2. The first-order chi connectivity index (χ1) is 12.0. The molecular formula is C18H21N3O4. The van der Waals surface area contributed by atoms with Gasteiger partial charge < -0.3 is 5.32 Å². The summed E-state index contributed by atoms with van der Waals surface area (Å²) in [5.74, 6) is -1.35. The Kier molecular flexibility index (Phi) is 4.83. The van der Waals surface area contributed by atoms with Gasteiger partial charge in [-0.25, -0.2) is 4.79 Å². The number of imide groups is 2. The van der Waals surface area contributed by atoms with E-state index in [1.807, 2.05) is 0 Å². The van der Waals surface area contributed by atoms with Crippen LogP contribution in [0.4, 0.5) is 4.79 Å². The van der Waals surface area contributed by atoms with Gasteiger partial charge in [0, 0.05) is 6.04 Å². The van der Waals surface area contributed by atoms with Gasteiger partial charge in [-0.2, -0.15) is 0 Å². The molecule has 1 aliphatic heterocycles. The third kappa shape index (κ3) is 3.55. The number of benzene rings is 1. The molecule has 2 unspecified atom stereocenters. The molecule has 5 amide bonds. The minimum absolute atomic E-state index is 0.0425. The molecule has 2 aliphatic rings. The molecule has 0 radical (unpaired) electrons. The maximum Gasteiger partial charge on any atom is 0.321 e. The standard InChI is InChI=1S/C18H21N3O4/c1-11-6-2-5-9-14(11)19-18(25)20-15(22)10-21-16(23)12-7-3-4-8-13(12)17(21)24/h3-4,7-8,11,14H,2,5-6,9-10H2,1H3,(H2,19,20,22,25). The van der Waals surface area contributed by atoms with E-state index in [1.165, 1.54) is 0 Å². The maximum atomic E-state index is 12.2. The first-order valence-electron chi connectivity index (χ1n) is 8.53. The summed E-state index contributed by atoms with van der Waals surface area (Å²) in [5.41, 5.74) is 0.557. The molecule has 1 aromatic carbocycles. The summed E-state index contributed by atoms with van der Waals surface area (Å²) in [4.78, 5) is 49.3. The topological polar surface area (TPSA) is 95.6 Å². The molecule has 1 aliphatic carbocycles. The lowest BCUT2D eigenvalue weighted by molar-refractivity contribution is -0.120. The molecule has 2 atom stereocenters. The molecule has 0 saturated heterocycles. The van der Waals surface area contributed by atoms with Gasteiger partial charge in [0.15, 0.2) is 0 Å². The van der Waals surface area contributed by atoms with E-state index in [1.54, 1.807) is 24.3 Å². The van der Waals surface area contributed by atoms with E-state index in [0.29, 0.717) is 5.92 Å². The number of carbonyl (C=O) groups is 4. The van der Waals surface area contributed by atoms with Crippen molar-refractivity contribution in [2.75, 3.05) is 6.54 Å². The fourth-order valence-electron chi connectivity index (χ4n) is 3.43. The number of rotatable bonds is 3. The van der Waals surface area contributed by atoms with Crippen LogP contribution < -0.4 is 10.6 Å².